The molecule has 12 nitrogen and oxygen atoms in total. The number of hydrogen-bond donors (Lipinski definition) is 5. The van der Waals surface area contributed by atoms with Gasteiger partial charge >= 0.3 is 5.97 Å². The number of aliphatic imine (C=N–C) groups is 1. The van der Waals surface area contributed by atoms with Crippen LogP contribution in [0.1, 0.15) is 133 Å². The molecule has 1 aromatic heterocycles. The van der Waals surface area contributed by atoms with Crippen molar-refractivity contribution in [2.45, 2.75) is 159 Å². The number of ether oxygens (including phenoxy) is 2. The summed E-state index contributed by atoms with van der Waals surface area (Å²) in [5, 5.41) is 26.3. The maximum Gasteiger partial charge on any atom is 0.302 e. The molecule has 3 fully saturated rings. The fraction of sp³-hybridized carbons (Fsp3) is 0.674. The van der Waals surface area contributed by atoms with Gasteiger partial charge < -0.3 is 41.4 Å². The van der Waals surface area contributed by atoms with Crippen LogP contribution in [0.5, 0.6) is 11.5 Å². The first-order valence-electron chi connectivity index (χ1n) is 21.2. The Hall–Kier alpha value is -3.36. The van der Waals surface area contributed by atoms with E-state index in [1.165, 1.54) is 6.92 Å². The van der Waals surface area contributed by atoms with Crippen molar-refractivity contribution in [2.75, 3.05) is 24.6 Å². The number of amides is 1. The van der Waals surface area contributed by atoms with Gasteiger partial charge in [0.15, 0.2) is 17.5 Å². The van der Waals surface area contributed by atoms with Gasteiger partial charge in [-0.2, -0.15) is 0 Å². The molecule has 2 aliphatic carbocycles. The van der Waals surface area contributed by atoms with Crippen LogP contribution in [0.15, 0.2) is 35.5 Å². The van der Waals surface area contributed by atoms with E-state index in [-0.39, 0.29) is 35.1 Å². The Morgan fingerprint density at radius 2 is 1.77 bits per heavy atom. The number of anilines is 1. The number of phenols is 1. The molecule has 2 aliphatic heterocycles. The van der Waals surface area contributed by atoms with E-state index < -0.39 is 17.6 Å². The number of pyridine rings is 1. The number of carbonyl (C=O) groups is 2. The Balaban J connectivity index is 1.28. The summed E-state index contributed by atoms with van der Waals surface area (Å²) in [6, 6.07) is 7.67. The van der Waals surface area contributed by atoms with Gasteiger partial charge in [0.2, 0.25) is 5.91 Å². The van der Waals surface area contributed by atoms with Crippen LogP contribution >= 0.6 is 21.6 Å². The largest absolute Gasteiger partial charge is 0.504 e. The summed E-state index contributed by atoms with van der Waals surface area (Å²) in [6.07, 6.45) is 16.9. The Labute approximate surface area is 346 Å². The van der Waals surface area contributed by atoms with Crippen molar-refractivity contribution < 1.29 is 29.3 Å². The van der Waals surface area contributed by atoms with E-state index in [1.54, 1.807) is 6.20 Å². The molecule has 2 saturated carbocycles. The smallest absolute Gasteiger partial charge is 0.302 e. The second kappa shape index (κ2) is 20.6. The van der Waals surface area contributed by atoms with Gasteiger partial charge in [-0.3, -0.25) is 14.6 Å². The van der Waals surface area contributed by atoms with Crippen molar-refractivity contribution in [3.63, 3.8) is 0 Å². The number of nitrogens with two attached hydrogens (primary N) is 2. The molecule has 4 bridgehead atoms. The van der Waals surface area contributed by atoms with Gasteiger partial charge in [0.05, 0.1) is 17.1 Å². The van der Waals surface area contributed by atoms with Gasteiger partial charge in [-0.05, 0) is 106 Å². The van der Waals surface area contributed by atoms with Gasteiger partial charge in [0.1, 0.15) is 11.9 Å². The molecule has 1 amide bonds. The number of nitrogens with zero attached hydrogens (tertiary/aromatic N) is 3. The van der Waals surface area contributed by atoms with Crippen molar-refractivity contribution in [3.8, 4) is 11.5 Å². The monoisotopic (exact) mass is 824 g/mol. The highest BCUT2D eigenvalue weighted by Gasteiger charge is 2.43. The summed E-state index contributed by atoms with van der Waals surface area (Å²) in [6.45, 7) is 2.57. The topological polar surface area (TPSA) is 186 Å². The van der Waals surface area contributed by atoms with Gasteiger partial charge in [-0.15, -0.1) is 0 Å². The quantitative estimate of drug-likeness (QED) is 0.151. The van der Waals surface area contributed by atoms with Gasteiger partial charge in [0, 0.05) is 62.3 Å². The molecule has 1 spiro atoms. The number of phenolic OH excluding ortho intramolecular Hbond substituents is 1. The number of esters is 1. The second-order valence-corrected chi connectivity index (χ2v) is 19.7. The molecule has 0 unspecified atom stereocenters. The van der Waals surface area contributed by atoms with Crippen molar-refractivity contribution in [1.29, 1.82) is 0 Å². The molecule has 2 aromatic rings. The number of aliphatic hydroxyl groups excluding tert-OH is 1. The predicted molar refractivity (Wildman–Crippen MR) is 229 cm³/mol. The molecular formula is C43H64N6O6S2. The lowest BCUT2D eigenvalue weighted by molar-refractivity contribution is -0.148. The standard InChI is InChI=1S/C43H64N6O6S2/c1-30(50)54-36-14-13-31-22-33(40(53)37(23-31)55-35-11-5-6-12-35)28-49-29-42(27-39(49)52,26-32-15-19-46-38(44)24-32)18-20-47-41(45)48-43(16-7-8-17-43)57-56-21-9-3-2-4-10-34(51)25-36/h15,19,22-24,34-36,51,53H,2-14,16-18,20-21,25-29H2,1H3,(H2,44,46)(H3,45,47,48)/t34-,36+,42+/m0/s1. The molecule has 14 heteroatoms. The lowest BCUT2D eigenvalue weighted by Gasteiger charge is -2.30. The van der Waals surface area contributed by atoms with Crippen LogP contribution < -0.4 is 21.5 Å². The molecule has 4 aliphatic rings. The molecular weight excluding hydrogens is 761 g/mol. The summed E-state index contributed by atoms with van der Waals surface area (Å²) in [5.74, 6) is 2.04. The Morgan fingerprint density at radius 1 is 1.00 bits per heavy atom. The van der Waals surface area contributed by atoms with Crippen molar-refractivity contribution in [3.05, 3.63) is 47.2 Å². The zero-order valence-electron chi connectivity index (χ0n) is 33.7. The zero-order valence-corrected chi connectivity index (χ0v) is 35.4. The fourth-order valence-electron chi connectivity index (χ4n) is 9.13. The first-order valence-corrected chi connectivity index (χ1v) is 23.5. The highest BCUT2D eigenvalue weighted by molar-refractivity contribution is 8.77. The highest BCUT2D eigenvalue weighted by atomic mass is 33.1. The maximum atomic E-state index is 14.0. The number of benzene rings is 1. The number of rotatable bonds is 5. The summed E-state index contributed by atoms with van der Waals surface area (Å²) in [7, 11) is 3.78. The molecule has 3 heterocycles. The number of aromatic hydroxyl groups is 1. The van der Waals surface area contributed by atoms with Gasteiger partial charge in [-0.25, -0.2) is 4.98 Å². The number of carbonyl (C=O) groups excluding carboxylic acids is 2. The summed E-state index contributed by atoms with van der Waals surface area (Å²) < 4.78 is 12.1. The van der Waals surface area contributed by atoms with Crippen LogP contribution in [0.3, 0.4) is 0 Å². The average molecular weight is 825 g/mol. The van der Waals surface area contributed by atoms with Crippen LogP contribution in [0, 0.1) is 5.41 Å². The molecule has 6 rings (SSSR count). The number of guanidine groups is 1. The van der Waals surface area contributed by atoms with E-state index in [2.05, 4.69) is 10.3 Å². The summed E-state index contributed by atoms with van der Waals surface area (Å²) >= 11 is 0. The lowest BCUT2D eigenvalue weighted by atomic mass is 9.78. The van der Waals surface area contributed by atoms with Crippen LogP contribution in [0.2, 0.25) is 0 Å². The van der Waals surface area contributed by atoms with Crippen LogP contribution in [0.4, 0.5) is 5.82 Å². The number of hydrogen-bond acceptors (Lipinski definition) is 13. The van der Waals surface area contributed by atoms with E-state index >= 15 is 0 Å². The summed E-state index contributed by atoms with van der Waals surface area (Å²) in [4.78, 5) is 36.9. The molecule has 1 aromatic carbocycles. The normalized spacial score (nSPS) is 26.2. The minimum Gasteiger partial charge on any atom is -0.504 e. The minimum absolute atomic E-state index is 0.00905. The average Bonchev–Trinajstić information content (AvgIpc) is 3.91. The van der Waals surface area contributed by atoms with Crippen molar-refractivity contribution in [1.82, 2.24) is 15.2 Å². The second-order valence-electron chi connectivity index (χ2n) is 16.9. The summed E-state index contributed by atoms with van der Waals surface area (Å²) in [5.41, 5.74) is 14.8. The molecule has 3 atom stereocenters. The minimum atomic E-state index is -0.570. The van der Waals surface area contributed by atoms with E-state index in [9.17, 15) is 19.8 Å². The first-order chi connectivity index (χ1) is 27.5. The first kappa shape index (κ1) is 43.2. The third-order valence-electron chi connectivity index (χ3n) is 12.0. The highest BCUT2D eigenvalue weighted by Crippen LogP contribution is 2.46. The van der Waals surface area contributed by atoms with Crippen LogP contribution in [0.25, 0.3) is 0 Å². The maximum absolute atomic E-state index is 14.0. The number of nitrogens with one attached hydrogen (secondary N) is 1. The van der Waals surface area contributed by atoms with Crippen LogP contribution in [-0.2, 0) is 33.7 Å². The van der Waals surface area contributed by atoms with Gasteiger partial charge in [0.25, 0.3) is 0 Å². The number of nitrogen functional groups attached to an aromatic ring is 1. The van der Waals surface area contributed by atoms with Crippen molar-refractivity contribution >= 4 is 45.2 Å². The van der Waals surface area contributed by atoms with Crippen LogP contribution in [-0.4, -0.2) is 80.0 Å². The number of aliphatic hydroxyl groups is 1. The third-order valence-corrected chi connectivity index (χ3v) is 15.3. The van der Waals surface area contributed by atoms with E-state index in [4.69, 9.17) is 25.9 Å². The molecule has 314 valence electrons. The Bertz CT molecular complexity index is 1690. The molecule has 57 heavy (non-hydrogen) atoms. The number of aryl methyl sites for hydroxylation is 1. The third kappa shape index (κ3) is 12.8. The lowest BCUT2D eigenvalue weighted by Crippen LogP contribution is -2.47. The van der Waals surface area contributed by atoms with E-state index in [0.717, 1.165) is 93.9 Å². The van der Waals surface area contributed by atoms with E-state index in [0.29, 0.717) is 81.1 Å². The molecule has 0 radical (unpaired) electrons. The predicted octanol–water partition coefficient (Wildman–Crippen LogP) is 7.18. The van der Waals surface area contributed by atoms with Gasteiger partial charge in [-0.1, -0.05) is 59.8 Å². The number of fused-ring (bicyclic) bond motifs is 4. The Kier molecular flexibility index (Phi) is 15.6. The fourth-order valence-corrected chi connectivity index (χ4v) is 12.3. The van der Waals surface area contributed by atoms with Crippen molar-refractivity contribution in [2.24, 2.45) is 16.1 Å². The Morgan fingerprint density at radius 3 is 2.54 bits per heavy atom. The SMILES string of the molecule is CC(=O)O[C@@H]1CCc2cc(c(O)c(OC3CCCC3)c2)CN2C[C@@](Cc3ccnc(N)c3)(CCN=C(N)NC3(CCCC3)SSCCCCCC[C@H](O)C1)CC2=O. The molecule has 1 saturated heterocycles. The number of aromatic nitrogens is 1. The zero-order chi connectivity index (χ0) is 40.3. The van der Waals surface area contributed by atoms with E-state index in [1.807, 2.05) is 50.8 Å². The molecule has 7 N–H and O–H groups in total.